The highest BCUT2D eigenvalue weighted by Gasteiger charge is 2.52. The SMILES string of the molecule is COC(=O)[C@@]1(OCCN(Cc2ccccc2)C(=O)OCc2ccccc2)CC(C)[C@@H](C)C([C@H](C)COC(C)=O)O1. The van der Waals surface area contributed by atoms with E-state index in [9.17, 15) is 14.4 Å². The third-order valence-electron chi connectivity index (χ3n) is 7.32. The fourth-order valence-corrected chi connectivity index (χ4v) is 4.90. The van der Waals surface area contributed by atoms with E-state index >= 15 is 0 Å². The maximum absolute atomic E-state index is 13.1. The summed E-state index contributed by atoms with van der Waals surface area (Å²) in [6.45, 7) is 8.11. The number of methoxy groups -OCH3 is 1. The first-order valence-corrected chi connectivity index (χ1v) is 13.7. The summed E-state index contributed by atoms with van der Waals surface area (Å²) < 4.78 is 28.4. The summed E-state index contributed by atoms with van der Waals surface area (Å²) in [5.74, 6) is -2.73. The van der Waals surface area contributed by atoms with Gasteiger partial charge in [-0.25, -0.2) is 9.59 Å². The van der Waals surface area contributed by atoms with Gasteiger partial charge in [0.05, 0.1) is 26.4 Å². The van der Waals surface area contributed by atoms with Crippen LogP contribution < -0.4 is 0 Å². The summed E-state index contributed by atoms with van der Waals surface area (Å²) in [5, 5.41) is 0. The predicted molar refractivity (Wildman–Crippen MR) is 148 cm³/mol. The first kappa shape index (κ1) is 31.1. The molecule has 0 radical (unpaired) electrons. The first-order chi connectivity index (χ1) is 19.1. The van der Waals surface area contributed by atoms with E-state index < -0.39 is 24.0 Å². The average Bonchev–Trinajstić information content (AvgIpc) is 2.96. The molecule has 40 heavy (non-hydrogen) atoms. The van der Waals surface area contributed by atoms with Crippen LogP contribution in [-0.2, 0) is 46.4 Å². The molecule has 0 N–H and O–H groups in total. The Hall–Kier alpha value is -3.43. The molecule has 218 valence electrons. The van der Waals surface area contributed by atoms with Gasteiger partial charge < -0.3 is 28.6 Å². The van der Waals surface area contributed by atoms with Crippen molar-refractivity contribution in [3.05, 3.63) is 71.8 Å². The number of hydrogen-bond donors (Lipinski definition) is 0. The Kier molecular flexibility index (Phi) is 11.5. The minimum absolute atomic E-state index is 0.00845. The van der Waals surface area contributed by atoms with Gasteiger partial charge in [0.25, 0.3) is 5.79 Å². The third kappa shape index (κ3) is 8.53. The molecule has 9 nitrogen and oxygen atoms in total. The average molecular weight is 556 g/mol. The molecule has 5 atom stereocenters. The fourth-order valence-electron chi connectivity index (χ4n) is 4.90. The lowest BCUT2D eigenvalue weighted by Crippen LogP contribution is -2.57. The van der Waals surface area contributed by atoms with Gasteiger partial charge in [-0.1, -0.05) is 81.4 Å². The van der Waals surface area contributed by atoms with Crippen LogP contribution in [0.3, 0.4) is 0 Å². The minimum atomic E-state index is -1.65. The Balaban J connectivity index is 1.73. The maximum atomic E-state index is 13.1. The number of esters is 2. The number of carbonyl (C=O) groups excluding carboxylic acids is 3. The number of ether oxygens (including phenoxy) is 5. The van der Waals surface area contributed by atoms with Crippen molar-refractivity contribution in [3.8, 4) is 0 Å². The second-order valence-corrected chi connectivity index (χ2v) is 10.4. The largest absolute Gasteiger partial charge is 0.465 e. The number of nitrogens with zero attached hydrogens (tertiary/aromatic N) is 1. The van der Waals surface area contributed by atoms with Crippen LogP contribution in [-0.4, -0.2) is 61.7 Å². The van der Waals surface area contributed by atoms with Gasteiger partial charge >= 0.3 is 18.0 Å². The van der Waals surface area contributed by atoms with Gasteiger partial charge in [-0.15, -0.1) is 0 Å². The Bertz CT molecular complexity index is 1100. The van der Waals surface area contributed by atoms with E-state index in [2.05, 4.69) is 0 Å². The second-order valence-electron chi connectivity index (χ2n) is 10.4. The van der Waals surface area contributed by atoms with E-state index in [0.717, 1.165) is 11.1 Å². The summed E-state index contributed by atoms with van der Waals surface area (Å²) in [6.07, 6.45) is -0.629. The smallest absolute Gasteiger partial charge is 0.410 e. The molecule has 1 amide bonds. The summed E-state index contributed by atoms with van der Waals surface area (Å²) in [5.41, 5.74) is 1.81. The monoisotopic (exact) mass is 555 g/mol. The zero-order chi connectivity index (χ0) is 29.1. The van der Waals surface area contributed by atoms with Crippen molar-refractivity contribution >= 4 is 18.0 Å². The molecule has 1 heterocycles. The molecule has 2 aromatic rings. The van der Waals surface area contributed by atoms with Crippen LogP contribution >= 0.6 is 0 Å². The molecular formula is C31H41NO8. The Morgan fingerprint density at radius 3 is 2.23 bits per heavy atom. The van der Waals surface area contributed by atoms with E-state index in [1.165, 1.54) is 14.0 Å². The maximum Gasteiger partial charge on any atom is 0.410 e. The summed E-state index contributed by atoms with van der Waals surface area (Å²) in [4.78, 5) is 39.1. The minimum Gasteiger partial charge on any atom is -0.465 e. The summed E-state index contributed by atoms with van der Waals surface area (Å²) in [6, 6.07) is 19.0. The highest BCUT2D eigenvalue weighted by Crippen LogP contribution is 2.41. The third-order valence-corrected chi connectivity index (χ3v) is 7.32. The molecule has 1 aliphatic heterocycles. The number of amides is 1. The second kappa shape index (κ2) is 14.8. The van der Waals surface area contributed by atoms with Crippen molar-refractivity contribution < 1.29 is 38.1 Å². The van der Waals surface area contributed by atoms with Gasteiger partial charge in [-0.3, -0.25) is 4.79 Å². The summed E-state index contributed by atoms with van der Waals surface area (Å²) >= 11 is 0. The van der Waals surface area contributed by atoms with Crippen LogP contribution in [0.5, 0.6) is 0 Å². The van der Waals surface area contributed by atoms with E-state index in [-0.39, 0.29) is 56.5 Å². The normalized spacial score (nSPS) is 23.1. The molecule has 0 aliphatic carbocycles. The summed E-state index contributed by atoms with van der Waals surface area (Å²) in [7, 11) is 1.29. The first-order valence-electron chi connectivity index (χ1n) is 13.7. The quantitative estimate of drug-likeness (QED) is 0.267. The predicted octanol–water partition coefficient (Wildman–Crippen LogP) is 4.97. The fraction of sp³-hybridized carbons (Fsp3) is 0.516. The lowest BCUT2D eigenvalue weighted by molar-refractivity contribution is -0.303. The van der Waals surface area contributed by atoms with Gasteiger partial charge in [0.15, 0.2) is 0 Å². The zero-order valence-electron chi connectivity index (χ0n) is 24.0. The van der Waals surface area contributed by atoms with E-state index in [1.54, 1.807) is 4.90 Å². The topological polar surface area (TPSA) is 101 Å². The Morgan fingerprint density at radius 2 is 1.62 bits per heavy atom. The van der Waals surface area contributed by atoms with Gasteiger partial charge in [-0.2, -0.15) is 0 Å². The van der Waals surface area contributed by atoms with Crippen molar-refractivity contribution in [2.24, 2.45) is 17.8 Å². The van der Waals surface area contributed by atoms with Gasteiger partial charge in [0.2, 0.25) is 0 Å². The molecule has 2 aromatic carbocycles. The lowest BCUT2D eigenvalue weighted by Gasteiger charge is -2.46. The van der Waals surface area contributed by atoms with Crippen molar-refractivity contribution in [1.82, 2.24) is 4.90 Å². The number of hydrogen-bond acceptors (Lipinski definition) is 8. The van der Waals surface area contributed by atoms with Crippen molar-refractivity contribution in [2.45, 2.75) is 59.2 Å². The van der Waals surface area contributed by atoms with Crippen molar-refractivity contribution in [1.29, 1.82) is 0 Å². The molecule has 1 aliphatic rings. The molecule has 9 heteroatoms. The van der Waals surface area contributed by atoms with Gasteiger partial charge in [-0.05, 0) is 23.0 Å². The van der Waals surface area contributed by atoms with Crippen LogP contribution in [0.2, 0.25) is 0 Å². The highest BCUT2D eigenvalue weighted by atomic mass is 16.7. The number of carbonyl (C=O) groups is 3. The number of rotatable bonds is 12. The van der Waals surface area contributed by atoms with Crippen LogP contribution in [0.4, 0.5) is 4.79 Å². The van der Waals surface area contributed by atoms with E-state index in [4.69, 9.17) is 23.7 Å². The van der Waals surface area contributed by atoms with Crippen LogP contribution in [0, 0.1) is 17.8 Å². The Morgan fingerprint density at radius 1 is 1.00 bits per heavy atom. The lowest BCUT2D eigenvalue weighted by atomic mass is 9.78. The molecule has 0 bridgehead atoms. The van der Waals surface area contributed by atoms with Crippen LogP contribution in [0.1, 0.15) is 45.2 Å². The molecular weight excluding hydrogens is 514 g/mol. The molecule has 2 unspecified atom stereocenters. The van der Waals surface area contributed by atoms with E-state index in [0.29, 0.717) is 6.54 Å². The van der Waals surface area contributed by atoms with Gasteiger partial charge in [0.1, 0.15) is 6.61 Å². The molecule has 0 spiro atoms. The highest BCUT2D eigenvalue weighted by molar-refractivity contribution is 5.78. The molecule has 1 saturated heterocycles. The molecule has 3 rings (SSSR count). The van der Waals surface area contributed by atoms with Crippen molar-refractivity contribution in [2.75, 3.05) is 26.9 Å². The molecule has 0 aromatic heterocycles. The van der Waals surface area contributed by atoms with Crippen LogP contribution in [0.25, 0.3) is 0 Å². The Labute approximate surface area is 236 Å². The standard InChI is InChI=1S/C31H41NO8/c1-22-18-31(29(34)36-5,40-28(24(22)3)23(2)20-37-25(4)33)39-17-16-32(19-26-12-8-6-9-13-26)30(35)38-21-27-14-10-7-11-15-27/h6-15,22-24,28H,16-21H2,1-5H3/t22?,23-,24-,28?,31-/m1/s1. The van der Waals surface area contributed by atoms with Crippen molar-refractivity contribution in [3.63, 3.8) is 0 Å². The number of benzene rings is 2. The molecule has 0 saturated carbocycles. The van der Waals surface area contributed by atoms with Crippen LogP contribution in [0.15, 0.2) is 60.7 Å². The zero-order valence-corrected chi connectivity index (χ0v) is 24.0. The van der Waals surface area contributed by atoms with Gasteiger partial charge in [0, 0.05) is 32.4 Å². The molecule has 1 fully saturated rings. The van der Waals surface area contributed by atoms with E-state index in [1.807, 2.05) is 81.4 Å².